The number of fused-ring (bicyclic) bond motifs is 1. The van der Waals surface area contributed by atoms with Gasteiger partial charge in [-0.1, -0.05) is 27.7 Å². The fourth-order valence-corrected chi connectivity index (χ4v) is 10.8. The standard InChI is InChI=1S/C43H63FN6O9S/c1-12-31-43(8)34-26(4)32(47-23-49(50(34)40(54)59-43)18-14-16-29-22-46-37(60-29)28-15-13-17-45-21-28)24(2)20-41(6,55-11)36(27(5)35(52)42(7,44)39(53)57-31)58-38-33(51)30(48(9)10)19-25(3)56-38/h13,15,17,21-22,24-27,30-31,33-34,36,38,51H,12,14,16,18-20,23H2,1-11H3/t24-,25-,26-,27+,30+,31+,33-,34-,36-,38+,41+,42?,43-/m1/s1. The third kappa shape index (κ3) is 8.77. The molecule has 1 unspecified atom stereocenters. The molecule has 13 atom stereocenters. The number of aryl methyl sites for hydroxylation is 1. The summed E-state index contributed by atoms with van der Waals surface area (Å²) in [5.41, 5.74) is -4.20. The lowest BCUT2D eigenvalue weighted by molar-refractivity contribution is -0.295. The first-order valence-corrected chi connectivity index (χ1v) is 21.9. The molecular weight excluding hydrogens is 796 g/mol. The molecule has 15 nitrogen and oxygen atoms in total. The summed E-state index contributed by atoms with van der Waals surface area (Å²) in [6, 6.07) is 2.79. The van der Waals surface area contributed by atoms with Gasteiger partial charge in [0.2, 0.25) is 0 Å². The number of hydrazine groups is 1. The molecule has 17 heteroatoms. The number of hydrogen-bond donors (Lipinski definition) is 1. The Morgan fingerprint density at radius 1 is 1.10 bits per heavy atom. The highest BCUT2D eigenvalue weighted by atomic mass is 32.1. The van der Waals surface area contributed by atoms with Gasteiger partial charge in [-0.2, -0.15) is 5.01 Å². The number of aliphatic imine (C=N–C) groups is 1. The summed E-state index contributed by atoms with van der Waals surface area (Å²) < 4.78 is 48.2. The van der Waals surface area contributed by atoms with Gasteiger partial charge in [-0.25, -0.2) is 24.0 Å². The maximum Gasteiger partial charge on any atom is 0.425 e. The molecule has 60 heavy (non-hydrogen) atoms. The number of methoxy groups -OCH3 is 1. The lowest BCUT2D eigenvalue weighted by Gasteiger charge is -2.47. The molecule has 2 bridgehead atoms. The van der Waals surface area contributed by atoms with Crippen LogP contribution in [0.25, 0.3) is 10.6 Å². The minimum absolute atomic E-state index is 0.138. The second-order valence-corrected chi connectivity index (χ2v) is 18.9. The largest absolute Gasteiger partial charge is 0.455 e. The second-order valence-electron chi connectivity index (χ2n) is 17.8. The Kier molecular flexibility index (Phi) is 13.9. The van der Waals surface area contributed by atoms with Gasteiger partial charge in [-0.15, -0.1) is 11.3 Å². The van der Waals surface area contributed by atoms with Crippen molar-refractivity contribution >= 4 is 34.9 Å². The predicted octanol–water partition coefficient (Wildman–Crippen LogP) is 5.49. The number of rotatable bonds is 10. The number of carbonyl (C=O) groups is 3. The smallest absolute Gasteiger partial charge is 0.425 e. The number of amides is 1. The number of aliphatic hydroxyl groups excluding tert-OH is 1. The molecule has 2 aromatic heterocycles. The van der Waals surface area contributed by atoms with Crippen molar-refractivity contribution in [2.45, 2.75) is 147 Å². The van der Waals surface area contributed by atoms with Gasteiger partial charge < -0.3 is 33.7 Å². The van der Waals surface area contributed by atoms with Crippen LogP contribution >= 0.6 is 11.3 Å². The number of thiazole rings is 1. The van der Waals surface area contributed by atoms with Crippen LogP contribution < -0.4 is 0 Å². The number of halogens is 1. The van der Waals surface area contributed by atoms with Gasteiger partial charge in [0.25, 0.3) is 5.67 Å². The van der Waals surface area contributed by atoms with Crippen LogP contribution in [0.2, 0.25) is 0 Å². The molecule has 332 valence electrons. The number of esters is 1. The maximum atomic E-state index is 17.0. The molecule has 6 heterocycles. The molecule has 0 aromatic carbocycles. The fourth-order valence-electron chi connectivity index (χ4n) is 9.84. The van der Waals surface area contributed by atoms with Crippen molar-refractivity contribution in [2.75, 3.05) is 34.4 Å². The highest BCUT2D eigenvalue weighted by Crippen LogP contribution is 2.45. The van der Waals surface area contributed by atoms with Crippen LogP contribution in [-0.4, -0.2) is 148 Å². The van der Waals surface area contributed by atoms with E-state index in [1.807, 2.05) is 63.1 Å². The van der Waals surface area contributed by atoms with Crippen molar-refractivity contribution in [2.24, 2.45) is 22.7 Å². The van der Waals surface area contributed by atoms with Crippen LogP contribution in [0.1, 0.15) is 86.0 Å². The van der Waals surface area contributed by atoms with E-state index in [4.69, 9.17) is 28.7 Å². The first-order valence-electron chi connectivity index (χ1n) is 21.1. The topological polar surface area (TPSA) is 165 Å². The van der Waals surface area contributed by atoms with Gasteiger partial charge >= 0.3 is 12.1 Å². The Labute approximate surface area is 356 Å². The van der Waals surface area contributed by atoms with Gasteiger partial charge in [0, 0.05) is 66.3 Å². The third-order valence-electron chi connectivity index (χ3n) is 13.1. The average Bonchev–Trinajstić information content (AvgIpc) is 3.75. The van der Waals surface area contributed by atoms with Crippen LogP contribution in [0.15, 0.2) is 35.7 Å². The zero-order valence-electron chi connectivity index (χ0n) is 36.8. The first-order chi connectivity index (χ1) is 28.3. The minimum atomic E-state index is -3.13. The van der Waals surface area contributed by atoms with E-state index < -0.39 is 77.2 Å². The summed E-state index contributed by atoms with van der Waals surface area (Å²) >= 11 is 1.59. The number of nitrogens with zero attached hydrogens (tertiary/aromatic N) is 6. The van der Waals surface area contributed by atoms with E-state index in [0.717, 1.165) is 28.1 Å². The van der Waals surface area contributed by atoms with Crippen molar-refractivity contribution in [1.82, 2.24) is 24.9 Å². The van der Waals surface area contributed by atoms with Crippen LogP contribution in [0, 0.1) is 17.8 Å². The molecule has 0 saturated carbocycles. The van der Waals surface area contributed by atoms with E-state index in [2.05, 4.69) is 9.97 Å². The number of ether oxygens (including phenoxy) is 5. The summed E-state index contributed by atoms with van der Waals surface area (Å²) in [4.78, 5) is 59.5. The number of Topliss-reactive ketones (excluding diaryl/α,β-unsaturated/α-hetero) is 1. The molecule has 2 aromatic rings. The SMILES string of the molecule is CC[C@@H]1OC(=O)C(C)(F)C(=O)[C@H](C)[C@@H](O[C@@H]2O[C@H](C)C[C@H](N(C)C)[C@H]2O)[C@@](C)(OC)C[C@@H](C)C2=NCN(CCCc3cnc(-c4cccnc4)s3)N3C(=O)O[C@@]1(C)[C@H]3[C@@H]2C. The van der Waals surface area contributed by atoms with E-state index in [9.17, 15) is 19.5 Å². The van der Waals surface area contributed by atoms with E-state index in [1.54, 1.807) is 49.5 Å². The minimum Gasteiger partial charge on any atom is -0.455 e. The quantitative estimate of drug-likeness (QED) is 0.236. The first kappa shape index (κ1) is 46.1. The number of aliphatic hydroxyl groups is 1. The highest BCUT2D eigenvalue weighted by Gasteiger charge is 2.63. The van der Waals surface area contributed by atoms with Crippen molar-refractivity contribution in [3.05, 3.63) is 35.6 Å². The summed E-state index contributed by atoms with van der Waals surface area (Å²) in [5, 5.41) is 15.9. The number of cyclic esters (lactones) is 1. The number of hydrogen-bond acceptors (Lipinski definition) is 15. The van der Waals surface area contributed by atoms with Crippen molar-refractivity contribution in [3.63, 3.8) is 0 Å². The summed E-state index contributed by atoms with van der Waals surface area (Å²) in [5.74, 6) is -4.55. The van der Waals surface area contributed by atoms with Crippen LogP contribution in [-0.2, 0) is 39.7 Å². The van der Waals surface area contributed by atoms with Crippen LogP contribution in [0.3, 0.4) is 0 Å². The summed E-state index contributed by atoms with van der Waals surface area (Å²) in [6.07, 6.45) is 2.07. The number of ketones is 1. The number of likely N-dealkylation sites (N-methyl/N-ethyl adjacent to an activating group) is 1. The molecule has 4 aliphatic heterocycles. The number of pyridine rings is 1. The molecule has 1 amide bonds. The third-order valence-corrected chi connectivity index (χ3v) is 14.2. The van der Waals surface area contributed by atoms with Crippen molar-refractivity contribution < 1.29 is 47.6 Å². The average molecular weight is 859 g/mol. The van der Waals surface area contributed by atoms with E-state index in [0.29, 0.717) is 25.8 Å². The molecule has 0 radical (unpaired) electrons. The Bertz CT molecular complexity index is 1880. The molecule has 3 fully saturated rings. The monoisotopic (exact) mass is 858 g/mol. The Hall–Kier alpha value is -3.45. The zero-order chi connectivity index (χ0) is 43.9. The van der Waals surface area contributed by atoms with Crippen molar-refractivity contribution in [3.8, 4) is 10.6 Å². The van der Waals surface area contributed by atoms with Gasteiger partial charge in [0.05, 0.1) is 17.8 Å². The summed E-state index contributed by atoms with van der Waals surface area (Å²) in [6.45, 7) is 14.1. The molecule has 0 aliphatic carbocycles. The molecule has 1 N–H and O–H groups in total. The molecule has 0 spiro atoms. The molecule has 4 aliphatic rings. The van der Waals surface area contributed by atoms with E-state index in [1.165, 1.54) is 14.0 Å². The van der Waals surface area contributed by atoms with Crippen LogP contribution in [0.4, 0.5) is 9.18 Å². The number of aromatic nitrogens is 2. The fraction of sp³-hybridized carbons (Fsp3) is 0.721. The Morgan fingerprint density at radius 2 is 1.83 bits per heavy atom. The van der Waals surface area contributed by atoms with Gasteiger partial charge in [-0.3, -0.25) is 14.8 Å². The maximum absolute atomic E-state index is 17.0. The van der Waals surface area contributed by atoms with Gasteiger partial charge in [-0.05, 0) is 91.9 Å². The number of alkyl halides is 1. The number of carbonyl (C=O) groups excluding carboxylic acids is 3. The molecule has 3 saturated heterocycles. The second kappa shape index (κ2) is 18.1. The lowest BCUT2D eigenvalue weighted by atomic mass is 9.73. The van der Waals surface area contributed by atoms with Crippen molar-refractivity contribution in [1.29, 1.82) is 0 Å². The summed E-state index contributed by atoms with van der Waals surface area (Å²) in [7, 11) is 5.20. The lowest BCUT2D eigenvalue weighted by Crippen LogP contribution is -2.62. The van der Waals surface area contributed by atoms with E-state index in [-0.39, 0.29) is 37.6 Å². The van der Waals surface area contributed by atoms with Gasteiger partial charge in [0.15, 0.2) is 17.7 Å². The Morgan fingerprint density at radius 3 is 2.48 bits per heavy atom. The zero-order valence-corrected chi connectivity index (χ0v) is 37.6. The predicted molar refractivity (Wildman–Crippen MR) is 223 cm³/mol. The molecular formula is C43H63FN6O9S. The van der Waals surface area contributed by atoms with Crippen LogP contribution in [0.5, 0.6) is 0 Å². The van der Waals surface area contributed by atoms with Gasteiger partial charge in [0.1, 0.15) is 29.9 Å². The normalized spacial score (nSPS) is 38.3. The Balaban J connectivity index is 1.37. The van der Waals surface area contributed by atoms with E-state index >= 15 is 4.39 Å². The highest BCUT2D eigenvalue weighted by molar-refractivity contribution is 7.15. The molecule has 6 rings (SSSR count).